The van der Waals surface area contributed by atoms with Crippen molar-refractivity contribution in [2.75, 3.05) is 6.61 Å². The highest BCUT2D eigenvalue weighted by molar-refractivity contribution is 4.91. The number of rotatable bonds is 4. The summed E-state index contributed by atoms with van der Waals surface area (Å²) in [6, 6.07) is 2.20. The predicted molar refractivity (Wildman–Crippen MR) is 45.1 cm³/mol. The highest BCUT2D eigenvalue weighted by atomic mass is 16.5. The van der Waals surface area contributed by atoms with Gasteiger partial charge in [0.25, 0.3) is 0 Å². The van der Waals surface area contributed by atoms with Crippen molar-refractivity contribution >= 4 is 0 Å². The van der Waals surface area contributed by atoms with Crippen LogP contribution in [0.1, 0.15) is 34.1 Å². The molecule has 0 saturated carbocycles. The highest BCUT2D eigenvalue weighted by Gasteiger charge is 2.17. The van der Waals surface area contributed by atoms with Crippen LogP contribution in [0.4, 0.5) is 0 Å². The van der Waals surface area contributed by atoms with Gasteiger partial charge in [-0.2, -0.15) is 5.26 Å². The average Bonchev–Trinajstić information content (AvgIpc) is 2.00. The third-order valence-corrected chi connectivity index (χ3v) is 1.61. The van der Waals surface area contributed by atoms with Gasteiger partial charge in [0.05, 0.1) is 24.2 Å². The van der Waals surface area contributed by atoms with E-state index in [1.165, 1.54) is 0 Å². The molecule has 0 aromatic carbocycles. The van der Waals surface area contributed by atoms with Crippen molar-refractivity contribution in [1.82, 2.24) is 0 Å². The molecule has 0 N–H and O–H groups in total. The second-order valence-electron chi connectivity index (χ2n) is 3.53. The van der Waals surface area contributed by atoms with Crippen molar-refractivity contribution in [3.63, 3.8) is 0 Å². The zero-order valence-corrected chi connectivity index (χ0v) is 7.85. The third-order valence-electron chi connectivity index (χ3n) is 1.61. The van der Waals surface area contributed by atoms with Crippen molar-refractivity contribution in [2.45, 2.75) is 40.2 Å². The van der Waals surface area contributed by atoms with E-state index >= 15 is 0 Å². The Morgan fingerprint density at radius 3 is 2.45 bits per heavy atom. The van der Waals surface area contributed by atoms with E-state index in [1.54, 1.807) is 0 Å². The Morgan fingerprint density at radius 2 is 2.09 bits per heavy atom. The Hall–Kier alpha value is -0.550. The van der Waals surface area contributed by atoms with Crippen LogP contribution in [0.2, 0.25) is 0 Å². The minimum Gasteiger partial charge on any atom is -0.377 e. The van der Waals surface area contributed by atoms with Crippen molar-refractivity contribution in [3.05, 3.63) is 0 Å². The van der Waals surface area contributed by atoms with E-state index in [2.05, 4.69) is 13.0 Å². The minimum atomic E-state index is -0.344. The van der Waals surface area contributed by atoms with Gasteiger partial charge in [-0.1, -0.05) is 6.92 Å². The molecule has 0 amide bonds. The van der Waals surface area contributed by atoms with Gasteiger partial charge in [-0.05, 0) is 27.2 Å². The van der Waals surface area contributed by atoms with Crippen molar-refractivity contribution in [2.24, 2.45) is 5.41 Å². The molecule has 0 aromatic rings. The largest absolute Gasteiger partial charge is 0.377 e. The quantitative estimate of drug-likeness (QED) is 0.624. The molecule has 0 rings (SSSR count). The third kappa shape index (κ3) is 4.80. The molecule has 0 fully saturated rings. The van der Waals surface area contributed by atoms with E-state index in [1.807, 2.05) is 20.8 Å². The number of hydrogen-bond acceptors (Lipinski definition) is 2. The van der Waals surface area contributed by atoms with Crippen LogP contribution in [-0.2, 0) is 4.74 Å². The molecule has 1 unspecified atom stereocenters. The lowest BCUT2D eigenvalue weighted by molar-refractivity contribution is 0.0282. The van der Waals surface area contributed by atoms with E-state index in [0.29, 0.717) is 6.61 Å². The van der Waals surface area contributed by atoms with Gasteiger partial charge in [0.1, 0.15) is 0 Å². The summed E-state index contributed by atoms with van der Waals surface area (Å²) in [6.07, 6.45) is 1.27. The molecule has 0 bridgehead atoms. The summed E-state index contributed by atoms with van der Waals surface area (Å²) < 4.78 is 5.42. The first-order valence-electron chi connectivity index (χ1n) is 4.04. The van der Waals surface area contributed by atoms with E-state index in [9.17, 15) is 0 Å². The topological polar surface area (TPSA) is 33.0 Å². The summed E-state index contributed by atoms with van der Waals surface area (Å²) in [4.78, 5) is 0. The first-order valence-corrected chi connectivity index (χ1v) is 4.04. The second-order valence-corrected chi connectivity index (χ2v) is 3.53. The van der Waals surface area contributed by atoms with Crippen LogP contribution in [0.25, 0.3) is 0 Å². The Kier molecular flexibility index (Phi) is 4.14. The zero-order chi connectivity index (χ0) is 8.91. The van der Waals surface area contributed by atoms with Gasteiger partial charge in [0.2, 0.25) is 0 Å². The fourth-order valence-electron chi connectivity index (χ4n) is 0.501. The van der Waals surface area contributed by atoms with Crippen LogP contribution in [0.15, 0.2) is 0 Å². The van der Waals surface area contributed by atoms with Crippen LogP contribution in [0.5, 0.6) is 0 Å². The minimum absolute atomic E-state index is 0.266. The molecule has 11 heavy (non-hydrogen) atoms. The summed E-state index contributed by atoms with van der Waals surface area (Å²) in [5.74, 6) is 0. The normalized spacial score (nSPS) is 14.1. The highest BCUT2D eigenvalue weighted by Crippen LogP contribution is 2.14. The molecule has 2 nitrogen and oxygen atoms in total. The van der Waals surface area contributed by atoms with Crippen LogP contribution < -0.4 is 0 Å². The lowest BCUT2D eigenvalue weighted by atomic mass is 9.97. The van der Waals surface area contributed by atoms with Gasteiger partial charge in [-0.25, -0.2) is 0 Å². The van der Waals surface area contributed by atoms with Gasteiger partial charge in [-0.15, -0.1) is 0 Å². The molecule has 0 aliphatic rings. The monoisotopic (exact) mass is 155 g/mol. The molecule has 0 saturated heterocycles. The number of ether oxygens (including phenoxy) is 1. The summed E-state index contributed by atoms with van der Waals surface area (Å²) in [7, 11) is 0. The molecule has 0 aliphatic carbocycles. The lowest BCUT2D eigenvalue weighted by Crippen LogP contribution is -2.20. The summed E-state index contributed by atoms with van der Waals surface area (Å²) in [5, 5.41) is 8.65. The number of hydrogen-bond donors (Lipinski definition) is 0. The predicted octanol–water partition coefficient (Wildman–Crippen LogP) is 2.35. The van der Waals surface area contributed by atoms with Crippen LogP contribution in [0, 0.1) is 16.7 Å². The van der Waals surface area contributed by atoms with Crippen LogP contribution in [-0.4, -0.2) is 12.7 Å². The SMILES string of the molecule is CCC(C)OCC(C)(C)C#N. The second kappa shape index (κ2) is 4.35. The van der Waals surface area contributed by atoms with Gasteiger partial charge in [0, 0.05) is 0 Å². The fraction of sp³-hybridized carbons (Fsp3) is 0.889. The van der Waals surface area contributed by atoms with E-state index in [4.69, 9.17) is 10.00 Å². The van der Waals surface area contributed by atoms with E-state index in [-0.39, 0.29) is 11.5 Å². The summed E-state index contributed by atoms with van der Waals surface area (Å²) >= 11 is 0. The molecule has 0 spiro atoms. The first kappa shape index (κ1) is 10.4. The molecular formula is C9H17NO. The Morgan fingerprint density at radius 1 is 1.55 bits per heavy atom. The molecule has 0 heterocycles. The maximum atomic E-state index is 8.65. The maximum Gasteiger partial charge on any atom is 0.0751 e. The number of nitriles is 1. The van der Waals surface area contributed by atoms with Crippen LogP contribution >= 0.6 is 0 Å². The summed E-state index contributed by atoms with van der Waals surface area (Å²) in [6.45, 7) is 8.39. The van der Waals surface area contributed by atoms with Gasteiger partial charge in [0.15, 0.2) is 0 Å². The van der Waals surface area contributed by atoms with E-state index in [0.717, 1.165) is 6.42 Å². The first-order chi connectivity index (χ1) is 5.02. The molecular weight excluding hydrogens is 138 g/mol. The molecule has 0 aromatic heterocycles. The van der Waals surface area contributed by atoms with Crippen molar-refractivity contribution in [3.8, 4) is 6.07 Å². The molecule has 0 aliphatic heterocycles. The molecule has 0 radical (unpaired) electrons. The standard InChI is InChI=1S/C9H17NO/c1-5-8(2)11-7-9(3,4)6-10/h8H,5,7H2,1-4H3. The van der Waals surface area contributed by atoms with Crippen LogP contribution in [0.3, 0.4) is 0 Å². The van der Waals surface area contributed by atoms with Crippen molar-refractivity contribution in [1.29, 1.82) is 5.26 Å². The molecule has 1 atom stereocenters. The zero-order valence-electron chi connectivity index (χ0n) is 7.85. The Labute approximate surface area is 69.2 Å². The maximum absolute atomic E-state index is 8.65. The van der Waals surface area contributed by atoms with Gasteiger partial charge < -0.3 is 4.74 Å². The molecule has 64 valence electrons. The fourth-order valence-corrected chi connectivity index (χ4v) is 0.501. The molecule has 2 heteroatoms. The summed E-state index contributed by atoms with van der Waals surface area (Å²) in [5.41, 5.74) is -0.344. The van der Waals surface area contributed by atoms with Crippen molar-refractivity contribution < 1.29 is 4.74 Å². The van der Waals surface area contributed by atoms with Gasteiger partial charge in [-0.3, -0.25) is 0 Å². The smallest absolute Gasteiger partial charge is 0.0751 e. The Bertz CT molecular complexity index is 146. The number of nitrogens with zero attached hydrogens (tertiary/aromatic N) is 1. The lowest BCUT2D eigenvalue weighted by Gasteiger charge is -2.18. The van der Waals surface area contributed by atoms with E-state index < -0.39 is 0 Å². The average molecular weight is 155 g/mol. The van der Waals surface area contributed by atoms with Gasteiger partial charge >= 0.3 is 0 Å². The Balaban J connectivity index is 3.63.